The van der Waals surface area contributed by atoms with E-state index in [1.807, 2.05) is 6.92 Å². The molecule has 1 unspecified atom stereocenters. The summed E-state index contributed by atoms with van der Waals surface area (Å²) in [5.41, 5.74) is 0.900. The van der Waals surface area contributed by atoms with Gasteiger partial charge in [0.1, 0.15) is 5.02 Å². The van der Waals surface area contributed by atoms with E-state index in [1.165, 1.54) is 0 Å². The molecule has 0 fully saturated rings. The number of alkyl halides is 1. The van der Waals surface area contributed by atoms with Gasteiger partial charge in [0.25, 0.3) is 0 Å². The summed E-state index contributed by atoms with van der Waals surface area (Å²) in [5, 5.41) is 0.524. The molecule has 0 radical (unpaired) electrons. The lowest BCUT2D eigenvalue weighted by atomic mass is 10.2. The van der Waals surface area contributed by atoms with Crippen LogP contribution in [-0.4, -0.2) is 11.1 Å². The summed E-state index contributed by atoms with van der Waals surface area (Å²) in [5.74, 6) is 0.906. The van der Waals surface area contributed by atoms with Gasteiger partial charge in [-0.3, -0.25) is 0 Å². The molecule has 1 heterocycles. The van der Waals surface area contributed by atoms with Crippen LogP contribution >= 0.6 is 23.2 Å². The van der Waals surface area contributed by atoms with E-state index in [9.17, 15) is 0 Å². The Morgan fingerprint density at radius 1 is 1.53 bits per heavy atom. The van der Waals surface area contributed by atoms with E-state index < -0.39 is 0 Å². The molecule has 0 aliphatic carbocycles. The molecule has 1 aromatic heterocycles. The van der Waals surface area contributed by atoms with Crippen molar-refractivity contribution in [3.63, 3.8) is 0 Å². The third kappa shape index (κ3) is 3.88. The Morgan fingerprint density at radius 2 is 2.27 bits per heavy atom. The Bertz CT molecular complexity index is 317. The molecule has 2 nitrogen and oxygen atoms in total. The average Bonchev–Trinajstić information content (AvgIpc) is 2.21. The lowest BCUT2D eigenvalue weighted by molar-refractivity contribution is 0.201. The zero-order valence-electron chi connectivity index (χ0n) is 8.96. The first-order valence-electron chi connectivity index (χ1n) is 5.04. The fourth-order valence-electron chi connectivity index (χ4n) is 1.28. The Hall–Kier alpha value is -0.470. The second-order valence-electron chi connectivity index (χ2n) is 3.48. The summed E-state index contributed by atoms with van der Waals surface area (Å²) in [6, 6.07) is 1.79. The molecule has 0 bridgehead atoms. The Labute approximate surface area is 101 Å². The van der Waals surface area contributed by atoms with E-state index in [2.05, 4.69) is 11.9 Å². The van der Waals surface area contributed by atoms with Crippen molar-refractivity contribution in [1.82, 2.24) is 4.98 Å². The number of hydrogen-bond acceptors (Lipinski definition) is 2. The van der Waals surface area contributed by atoms with E-state index in [4.69, 9.17) is 27.9 Å². The molecule has 1 aromatic rings. The lowest BCUT2D eigenvalue weighted by Gasteiger charge is -2.13. The summed E-state index contributed by atoms with van der Waals surface area (Å²) in [6.45, 7) is 4.13. The Morgan fingerprint density at radius 3 is 2.80 bits per heavy atom. The minimum absolute atomic E-state index is 0.141. The zero-order valence-corrected chi connectivity index (χ0v) is 10.5. The maximum absolute atomic E-state index is 6.01. The van der Waals surface area contributed by atoms with Crippen LogP contribution in [0, 0.1) is 0 Å². The van der Waals surface area contributed by atoms with Gasteiger partial charge in [-0.1, -0.05) is 24.9 Å². The molecule has 4 heteroatoms. The predicted octanol–water partition coefficient (Wildman–Crippen LogP) is 4.04. The van der Waals surface area contributed by atoms with Gasteiger partial charge in [-0.25, -0.2) is 4.98 Å². The van der Waals surface area contributed by atoms with Crippen LogP contribution in [0.15, 0.2) is 12.3 Å². The van der Waals surface area contributed by atoms with Gasteiger partial charge in [0.2, 0.25) is 5.88 Å². The van der Waals surface area contributed by atoms with Crippen molar-refractivity contribution < 1.29 is 4.74 Å². The van der Waals surface area contributed by atoms with Gasteiger partial charge in [0, 0.05) is 12.1 Å². The summed E-state index contributed by atoms with van der Waals surface area (Å²) in [7, 11) is 0. The molecule has 0 amide bonds. The van der Waals surface area contributed by atoms with Crippen LogP contribution in [0.3, 0.4) is 0 Å². The van der Waals surface area contributed by atoms with Crippen molar-refractivity contribution in [2.24, 2.45) is 0 Å². The van der Waals surface area contributed by atoms with Crippen LogP contribution in [-0.2, 0) is 5.88 Å². The van der Waals surface area contributed by atoms with Gasteiger partial charge in [0.05, 0.1) is 6.10 Å². The largest absolute Gasteiger partial charge is 0.474 e. The average molecular weight is 248 g/mol. The van der Waals surface area contributed by atoms with E-state index in [-0.39, 0.29) is 6.10 Å². The topological polar surface area (TPSA) is 22.1 Å². The quantitative estimate of drug-likeness (QED) is 0.733. The van der Waals surface area contributed by atoms with Crippen molar-refractivity contribution >= 4 is 23.2 Å². The van der Waals surface area contributed by atoms with E-state index in [0.29, 0.717) is 16.8 Å². The number of rotatable bonds is 5. The van der Waals surface area contributed by atoms with Gasteiger partial charge in [0.15, 0.2) is 0 Å². The van der Waals surface area contributed by atoms with Gasteiger partial charge in [-0.15, -0.1) is 11.6 Å². The SMILES string of the molecule is CCCC(C)Oc1ncc(CCl)cc1Cl. The van der Waals surface area contributed by atoms with Crippen LogP contribution < -0.4 is 4.74 Å². The molecule has 0 aliphatic rings. The standard InChI is InChI=1S/C11H15Cl2NO/c1-3-4-8(2)15-11-10(13)5-9(6-12)7-14-11/h5,7-8H,3-4,6H2,1-2H3. The molecular weight excluding hydrogens is 233 g/mol. The van der Waals surface area contributed by atoms with Crippen LogP contribution in [0.25, 0.3) is 0 Å². The number of pyridine rings is 1. The normalized spacial score (nSPS) is 12.5. The molecular formula is C11H15Cl2NO. The Kier molecular flexibility index (Phi) is 5.20. The van der Waals surface area contributed by atoms with Crippen molar-refractivity contribution in [3.05, 3.63) is 22.8 Å². The van der Waals surface area contributed by atoms with Crippen molar-refractivity contribution in [3.8, 4) is 5.88 Å². The van der Waals surface area contributed by atoms with Gasteiger partial charge >= 0.3 is 0 Å². The second kappa shape index (κ2) is 6.19. The monoisotopic (exact) mass is 247 g/mol. The van der Waals surface area contributed by atoms with Crippen LogP contribution in [0.2, 0.25) is 5.02 Å². The van der Waals surface area contributed by atoms with Crippen molar-refractivity contribution in [2.45, 2.75) is 38.7 Å². The number of aromatic nitrogens is 1. The molecule has 0 N–H and O–H groups in total. The molecule has 1 atom stereocenters. The summed E-state index contributed by atoms with van der Waals surface area (Å²) >= 11 is 11.7. The number of ether oxygens (including phenoxy) is 1. The fraction of sp³-hybridized carbons (Fsp3) is 0.545. The van der Waals surface area contributed by atoms with E-state index in [1.54, 1.807) is 12.3 Å². The molecule has 0 spiro atoms. The molecule has 15 heavy (non-hydrogen) atoms. The molecule has 0 saturated carbocycles. The molecule has 0 aromatic carbocycles. The smallest absolute Gasteiger partial charge is 0.232 e. The minimum atomic E-state index is 0.141. The number of hydrogen-bond donors (Lipinski definition) is 0. The number of nitrogens with zero attached hydrogens (tertiary/aromatic N) is 1. The molecule has 0 saturated heterocycles. The van der Waals surface area contributed by atoms with Gasteiger partial charge in [-0.05, 0) is 25.0 Å². The van der Waals surface area contributed by atoms with Crippen molar-refractivity contribution in [2.75, 3.05) is 0 Å². The first kappa shape index (κ1) is 12.6. The van der Waals surface area contributed by atoms with Crippen molar-refractivity contribution in [1.29, 1.82) is 0 Å². The third-order valence-corrected chi connectivity index (χ3v) is 2.61. The summed E-state index contributed by atoms with van der Waals surface area (Å²) < 4.78 is 5.60. The highest BCUT2D eigenvalue weighted by Crippen LogP contribution is 2.24. The predicted molar refractivity (Wildman–Crippen MR) is 63.8 cm³/mol. The molecule has 0 aliphatic heterocycles. The highest BCUT2D eigenvalue weighted by molar-refractivity contribution is 6.32. The van der Waals surface area contributed by atoms with Crippen LogP contribution in [0.1, 0.15) is 32.3 Å². The maximum atomic E-state index is 6.01. The van der Waals surface area contributed by atoms with E-state index in [0.717, 1.165) is 18.4 Å². The van der Waals surface area contributed by atoms with Crippen LogP contribution in [0.5, 0.6) is 5.88 Å². The molecule has 84 valence electrons. The second-order valence-corrected chi connectivity index (χ2v) is 4.16. The third-order valence-electron chi connectivity index (χ3n) is 2.03. The van der Waals surface area contributed by atoms with Crippen LogP contribution in [0.4, 0.5) is 0 Å². The first-order valence-corrected chi connectivity index (χ1v) is 5.95. The molecule has 1 rings (SSSR count). The highest BCUT2D eigenvalue weighted by Gasteiger charge is 2.08. The summed E-state index contributed by atoms with van der Waals surface area (Å²) in [4.78, 5) is 4.13. The lowest BCUT2D eigenvalue weighted by Crippen LogP contribution is -2.12. The summed E-state index contributed by atoms with van der Waals surface area (Å²) in [6.07, 6.45) is 3.91. The first-order chi connectivity index (χ1) is 7.17. The van der Waals surface area contributed by atoms with Gasteiger partial charge < -0.3 is 4.74 Å². The van der Waals surface area contributed by atoms with E-state index >= 15 is 0 Å². The minimum Gasteiger partial charge on any atom is -0.474 e. The highest BCUT2D eigenvalue weighted by atomic mass is 35.5. The fourth-order valence-corrected chi connectivity index (χ4v) is 1.66. The zero-order chi connectivity index (χ0) is 11.3. The van der Waals surface area contributed by atoms with Gasteiger partial charge in [-0.2, -0.15) is 0 Å². The maximum Gasteiger partial charge on any atom is 0.232 e. The number of halogens is 2. The Balaban J connectivity index is 2.69.